The van der Waals surface area contributed by atoms with Gasteiger partial charge in [0, 0.05) is 38.5 Å². The molecule has 0 fully saturated rings. The highest BCUT2D eigenvalue weighted by molar-refractivity contribution is 6.18. The minimum atomic E-state index is 0.628. The molecule has 0 radical (unpaired) electrons. The first-order valence-corrected chi connectivity index (χ1v) is 17.2. The summed E-state index contributed by atoms with van der Waals surface area (Å²) in [6.07, 6.45) is 0. The summed E-state index contributed by atoms with van der Waals surface area (Å²) in [5.41, 5.74) is 8.53. The average Bonchev–Trinajstić information content (AvgIpc) is 3.56. The topological polar surface area (TPSA) is 43.6 Å². The summed E-state index contributed by atoms with van der Waals surface area (Å²) < 4.78 is 2.38. The van der Waals surface area contributed by atoms with E-state index in [0.717, 1.165) is 38.8 Å². The van der Waals surface area contributed by atoms with Crippen molar-refractivity contribution in [3.63, 3.8) is 0 Å². The molecule has 51 heavy (non-hydrogen) atoms. The molecule has 0 spiro atoms. The lowest BCUT2D eigenvalue weighted by molar-refractivity contribution is 1.07. The number of aromatic nitrogens is 4. The lowest BCUT2D eigenvalue weighted by Gasteiger charge is -2.13. The van der Waals surface area contributed by atoms with E-state index in [4.69, 9.17) is 15.0 Å². The predicted octanol–water partition coefficient (Wildman–Crippen LogP) is 11.9. The second-order valence-corrected chi connectivity index (χ2v) is 12.9. The van der Waals surface area contributed by atoms with E-state index in [9.17, 15) is 0 Å². The summed E-state index contributed by atoms with van der Waals surface area (Å²) in [6, 6.07) is 64.0. The first-order valence-electron chi connectivity index (χ1n) is 17.2. The van der Waals surface area contributed by atoms with Gasteiger partial charge in [-0.25, -0.2) is 15.0 Å². The Kier molecular flexibility index (Phi) is 6.78. The van der Waals surface area contributed by atoms with Crippen LogP contribution >= 0.6 is 0 Å². The lowest BCUT2D eigenvalue weighted by Crippen LogP contribution is -2.01. The fraction of sp³-hybridized carbons (Fsp3) is 0. The zero-order chi connectivity index (χ0) is 33.7. The van der Waals surface area contributed by atoms with E-state index in [0.29, 0.717) is 17.5 Å². The number of para-hydroxylation sites is 1. The van der Waals surface area contributed by atoms with Gasteiger partial charge in [0.1, 0.15) is 0 Å². The predicted molar refractivity (Wildman–Crippen MR) is 211 cm³/mol. The van der Waals surface area contributed by atoms with E-state index in [1.54, 1.807) is 0 Å². The maximum atomic E-state index is 5.14. The van der Waals surface area contributed by atoms with Gasteiger partial charge in [-0.3, -0.25) is 0 Å². The van der Waals surface area contributed by atoms with Crippen molar-refractivity contribution in [2.45, 2.75) is 0 Å². The van der Waals surface area contributed by atoms with E-state index in [1.807, 2.05) is 6.07 Å². The SMILES string of the molecule is c1ccc(-c2ccc(-c3nc(-c4cccc(-n5c6ccccc6c6ccc7ccccc7c65)c4)nc(-c4ccc5ccccc5c4)n3)cc2)cc1. The van der Waals surface area contributed by atoms with Crippen molar-refractivity contribution >= 4 is 43.4 Å². The Bertz CT molecular complexity index is 2910. The average molecular weight is 651 g/mol. The van der Waals surface area contributed by atoms with E-state index in [-0.39, 0.29) is 0 Å². The molecule has 0 aliphatic heterocycles. The molecule has 0 atom stereocenters. The highest BCUT2D eigenvalue weighted by atomic mass is 15.0. The molecule has 10 rings (SSSR count). The number of hydrogen-bond acceptors (Lipinski definition) is 3. The van der Waals surface area contributed by atoms with Crippen LogP contribution < -0.4 is 0 Å². The second-order valence-electron chi connectivity index (χ2n) is 12.9. The van der Waals surface area contributed by atoms with E-state index in [1.165, 1.54) is 38.0 Å². The zero-order valence-corrected chi connectivity index (χ0v) is 27.6. The van der Waals surface area contributed by atoms with Gasteiger partial charge in [-0.05, 0) is 51.6 Å². The molecule has 238 valence electrons. The van der Waals surface area contributed by atoms with Gasteiger partial charge in [-0.15, -0.1) is 0 Å². The van der Waals surface area contributed by atoms with Gasteiger partial charge in [-0.2, -0.15) is 0 Å². The minimum Gasteiger partial charge on any atom is -0.309 e. The van der Waals surface area contributed by atoms with Crippen molar-refractivity contribution in [3.8, 4) is 51.0 Å². The highest BCUT2D eigenvalue weighted by Crippen LogP contribution is 2.37. The second kappa shape index (κ2) is 11.9. The smallest absolute Gasteiger partial charge is 0.164 e. The quantitative estimate of drug-likeness (QED) is 0.186. The van der Waals surface area contributed by atoms with Crippen LogP contribution in [0, 0.1) is 0 Å². The van der Waals surface area contributed by atoms with Gasteiger partial charge in [0.05, 0.1) is 11.0 Å². The van der Waals surface area contributed by atoms with Crippen LogP contribution in [0.3, 0.4) is 0 Å². The van der Waals surface area contributed by atoms with Crippen molar-refractivity contribution in [3.05, 3.63) is 182 Å². The van der Waals surface area contributed by atoms with E-state index >= 15 is 0 Å². The van der Waals surface area contributed by atoms with Crippen molar-refractivity contribution in [2.75, 3.05) is 0 Å². The number of rotatable bonds is 5. The van der Waals surface area contributed by atoms with Gasteiger partial charge < -0.3 is 4.57 Å². The molecule has 4 heteroatoms. The summed E-state index contributed by atoms with van der Waals surface area (Å²) in [7, 11) is 0. The highest BCUT2D eigenvalue weighted by Gasteiger charge is 2.17. The van der Waals surface area contributed by atoms with Crippen LogP contribution in [0.1, 0.15) is 0 Å². The van der Waals surface area contributed by atoms with Crippen LogP contribution in [0.5, 0.6) is 0 Å². The first kappa shape index (κ1) is 29.0. The number of hydrogen-bond donors (Lipinski definition) is 0. The van der Waals surface area contributed by atoms with Gasteiger partial charge in [0.2, 0.25) is 0 Å². The van der Waals surface area contributed by atoms with Crippen molar-refractivity contribution in [1.82, 2.24) is 19.5 Å². The van der Waals surface area contributed by atoms with Crippen LogP contribution in [-0.4, -0.2) is 19.5 Å². The molecule has 0 aliphatic carbocycles. The Morgan fingerprint density at radius 3 is 1.67 bits per heavy atom. The fourth-order valence-electron chi connectivity index (χ4n) is 7.32. The van der Waals surface area contributed by atoms with Gasteiger partial charge >= 0.3 is 0 Å². The molecular weight excluding hydrogens is 621 g/mol. The molecule has 0 amide bonds. The largest absolute Gasteiger partial charge is 0.309 e. The standard InChI is InChI=1S/C47H30N4/c1-2-11-31(12-3-1)33-21-24-35(25-22-33)45-48-46(50-47(49-45)38-26-23-32-13-4-5-15-36(32)29-38)37-16-10-17-39(30-37)51-43-20-9-8-19-41(43)42-28-27-34-14-6-7-18-40(34)44(42)51/h1-30H. The summed E-state index contributed by atoms with van der Waals surface area (Å²) in [5.74, 6) is 1.90. The van der Waals surface area contributed by atoms with Crippen molar-refractivity contribution in [1.29, 1.82) is 0 Å². The third-order valence-corrected chi connectivity index (χ3v) is 9.82. The van der Waals surface area contributed by atoms with Crippen molar-refractivity contribution in [2.24, 2.45) is 0 Å². The van der Waals surface area contributed by atoms with Crippen LogP contribution in [0.25, 0.3) is 94.3 Å². The molecule has 0 saturated heterocycles. The Balaban J connectivity index is 1.16. The molecule has 4 nitrogen and oxygen atoms in total. The summed E-state index contributed by atoms with van der Waals surface area (Å²) in [6.45, 7) is 0. The minimum absolute atomic E-state index is 0.628. The Morgan fingerprint density at radius 2 is 0.863 bits per heavy atom. The van der Waals surface area contributed by atoms with E-state index in [2.05, 4.69) is 180 Å². The summed E-state index contributed by atoms with van der Waals surface area (Å²) >= 11 is 0. The normalized spacial score (nSPS) is 11.5. The summed E-state index contributed by atoms with van der Waals surface area (Å²) in [5, 5.41) is 7.21. The third kappa shape index (κ3) is 5.04. The zero-order valence-electron chi connectivity index (χ0n) is 27.6. The third-order valence-electron chi connectivity index (χ3n) is 9.82. The van der Waals surface area contributed by atoms with Gasteiger partial charge in [0.25, 0.3) is 0 Å². The lowest BCUT2D eigenvalue weighted by atomic mass is 10.0. The molecule has 8 aromatic carbocycles. The fourth-order valence-corrected chi connectivity index (χ4v) is 7.32. The summed E-state index contributed by atoms with van der Waals surface area (Å²) in [4.78, 5) is 15.3. The Hall–Kier alpha value is -6.91. The molecular formula is C47H30N4. The van der Waals surface area contributed by atoms with E-state index < -0.39 is 0 Å². The molecule has 0 aliphatic rings. The Morgan fingerprint density at radius 1 is 0.314 bits per heavy atom. The number of nitrogens with zero attached hydrogens (tertiary/aromatic N) is 4. The molecule has 0 saturated carbocycles. The maximum Gasteiger partial charge on any atom is 0.164 e. The maximum absolute atomic E-state index is 5.14. The molecule has 0 unspecified atom stereocenters. The molecule has 2 heterocycles. The molecule has 0 N–H and O–H groups in total. The first-order chi connectivity index (χ1) is 25.3. The molecule has 0 bridgehead atoms. The van der Waals surface area contributed by atoms with Crippen LogP contribution in [0.4, 0.5) is 0 Å². The molecule has 2 aromatic heterocycles. The van der Waals surface area contributed by atoms with Crippen LogP contribution in [0.15, 0.2) is 182 Å². The molecule has 10 aromatic rings. The van der Waals surface area contributed by atoms with Gasteiger partial charge in [0.15, 0.2) is 17.5 Å². The van der Waals surface area contributed by atoms with Crippen molar-refractivity contribution < 1.29 is 0 Å². The van der Waals surface area contributed by atoms with Gasteiger partial charge in [-0.1, -0.05) is 158 Å². The van der Waals surface area contributed by atoms with Crippen LogP contribution in [-0.2, 0) is 0 Å². The Labute approximate surface area is 295 Å². The van der Waals surface area contributed by atoms with Crippen LogP contribution in [0.2, 0.25) is 0 Å². The number of fused-ring (bicyclic) bond motifs is 6. The monoisotopic (exact) mass is 650 g/mol. The number of benzene rings is 8.